The molecular weight excluding hydrogens is 191 g/mol. The molecule has 5 nitrogen and oxygen atoms in total. The predicted molar refractivity (Wildman–Crippen MR) is 24.2 cm³/mol. The fourth-order valence-corrected chi connectivity index (χ4v) is 0.136. The molecule has 0 saturated carbocycles. The molecule has 0 unspecified atom stereocenters. The zero-order valence-corrected chi connectivity index (χ0v) is 8.17. The van der Waals surface area contributed by atoms with E-state index in [9.17, 15) is 19.8 Å². The fraction of sp³-hybridized carbons (Fsp3) is 0. The Balaban J connectivity index is -0.000000245. The van der Waals surface area contributed by atoms with Crippen LogP contribution in [0, 0.1) is 0 Å². The van der Waals surface area contributed by atoms with Gasteiger partial charge in [0.2, 0.25) is 0 Å². The normalized spacial score (nSPS) is 7.60. The molecule has 0 aliphatic carbocycles. The first-order valence-electron chi connectivity index (χ1n) is 1.73. The molecule has 0 radical (unpaired) electrons. The standard InChI is InChI=1S/C4H4O4.H3N.Zn/c5-3(6)1-2-4(7)8;;/h1-2H,(H,5,6)(H,7,8);1H3;/q;;+2/p-2. The van der Waals surface area contributed by atoms with Crippen molar-refractivity contribution in [2.24, 2.45) is 0 Å². The topological polar surface area (TPSA) is 115 Å². The second kappa shape index (κ2) is 8.26. The molecule has 0 spiro atoms. The van der Waals surface area contributed by atoms with Crippen LogP contribution in [0.5, 0.6) is 0 Å². The largest absolute Gasteiger partial charge is 2.00 e. The molecule has 0 aromatic rings. The van der Waals surface area contributed by atoms with E-state index in [0.717, 1.165) is 0 Å². The molecular formula is C4H5NO4Zn. The number of carboxylic acid groups (broad SMARTS) is 2. The van der Waals surface area contributed by atoms with Crippen LogP contribution in [-0.4, -0.2) is 11.9 Å². The molecule has 52 valence electrons. The molecule has 0 rings (SSSR count). The maximum absolute atomic E-state index is 9.41. The van der Waals surface area contributed by atoms with E-state index in [1.807, 2.05) is 0 Å². The van der Waals surface area contributed by atoms with Crippen molar-refractivity contribution in [3.05, 3.63) is 12.2 Å². The molecule has 0 atom stereocenters. The van der Waals surface area contributed by atoms with E-state index in [0.29, 0.717) is 12.2 Å². The van der Waals surface area contributed by atoms with Crippen LogP contribution in [-0.2, 0) is 29.1 Å². The summed E-state index contributed by atoms with van der Waals surface area (Å²) in [6, 6.07) is 0. The van der Waals surface area contributed by atoms with Crippen LogP contribution in [0.15, 0.2) is 12.2 Å². The summed E-state index contributed by atoms with van der Waals surface area (Å²) >= 11 is 0. The van der Waals surface area contributed by atoms with Crippen molar-refractivity contribution in [2.45, 2.75) is 0 Å². The van der Waals surface area contributed by atoms with Crippen molar-refractivity contribution in [3.63, 3.8) is 0 Å². The third kappa shape index (κ3) is 15.7. The van der Waals surface area contributed by atoms with Crippen molar-refractivity contribution >= 4 is 11.9 Å². The fourth-order valence-electron chi connectivity index (χ4n) is 0.136. The van der Waals surface area contributed by atoms with Gasteiger partial charge in [0.15, 0.2) is 0 Å². The van der Waals surface area contributed by atoms with E-state index in [4.69, 9.17) is 0 Å². The maximum atomic E-state index is 9.41. The Morgan fingerprint density at radius 3 is 1.30 bits per heavy atom. The Bertz CT molecular complexity index is 128. The smallest absolute Gasteiger partial charge is 0.545 e. The number of aliphatic carboxylic acids is 2. The summed E-state index contributed by atoms with van der Waals surface area (Å²) < 4.78 is 0. The van der Waals surface area contributed by atoms with Crippen LogP contribution in [0.25, 0.3) is 0 Å². The summed E-state index contributed by atoms with van der Waals surface area (Å²) in [5, 5.41) is 18.8. The molecule has 0 bridgehead atoms. The molecule has 3 N–H and O–H groups in total. The number of hydrogen-bond donors (Lipinski definition) is 1. The van der Waals surface area contributed by atoms with Gasteiger partial charge in [0.1, 0.15) is 0 Å². The molecule has 0 amide bonds. The minimum absolute atomic E-state index is 0. The SMILES string of the molecule is N.O=C([O-])C=CC(=O)[O-].[Zn+2]. The van der Waals surface area contributed by atoms with E-state index in [2.05, 4.69) is 0 Å². The minimum Gasteiger partial charge on any atom is -0.545 e. The van der Waals surface area contributed by atoms with Gasteiger partial charge in [-0.05, 0) is 12.2 Å². The first-order chi connectivity index (χ1) is 3.63. The average molecular weight is 196 g/mol. The van der Waals surface area contributed by atoms with Crippen LogP contribution in [0.2, 0.25) is 0 Å². The molecule has 0 fully saturated rings. The molecule has 0 aliphatic rings. The average Bonchev–Trinajstić information content (AvgIpc) is 1.61. The zero-order chi connectivity index (χ0) is 6.57. The molecule has 10 heavy (non-hydrogen) atoms. The van der Waals surface area contributed by atoms with E-state index in [1.54, 1.807) is 0 Å². The molecule has 0 aromatic heterocycles. The van der Waals surface area contributed by atoms with Crippen LogP contribution in [0.4, 0.5) is 0 Å². The van der Waals surface area contributed by atoms with Gasteiger partial charge >= 0.3 is 19.5 Å². The van der Waals surface area contributed by atoms with Gasteiger partial charge in [0.25, 0.3) is 0 Å². The van der Waals surface area contributed by atoms with Crippen LogP contribution in [0.1, 0.15) is 0 Å². The van der Waals surface area contributed by atoms with Crippen molar-refractivity contribution in [2.75, 3.05) is 0 Å². The number of carbonyl (C=O) groups is 2. The quantitative estimate of drug-likeness (QED) is 0.378. The van der Waals surface area contributed by atoms with E-state index < -0.39 is 11.9 Å². The Labute approximate surface area is 70.1 Å². The molecule has 0 saturated heterocycles. The van der Waals surface area contributed by atoms with Gasteiger partial charge in [-0.25, -0.2) is 0 Å². The van der Waals surface area contributed by atoms with Gasteiger partial charge in [-0.3, -0.25) is 0 Å². The second-order valence-electron chi connectivity index (χ2n) is 0.971. The Kier molecular flexibility index (Phi) is 13.3. The van der Waals surface area contributed by atoms with E-state index >= 15 is 0 Å². The first kappa shape index (κ1) is 16.1. The van der Waals surface area contributed by atoms with E-state index in [-0.39, 0.29) is 25.6 Å². The van der Waals surface area contributed by atoms with Gasteiger partial charge < -0.3 is 26.0 Å². The third-order valence-corrected chi connectivity index (χ3v) is 0.355. The minimum atomic E-state index is -1.55. The van der Waals surface area contributed by atoms with Crippen LogP contribution in [0.3, 0.4) is 0 Å². The van der Waals surface area contributed by atoms with Crippen molar-refractivity contribution < 1.29 is 39.3 Å². The number of rotatable bonds is 2. The summed E-state index contributed by atoms with van der Waals surface area (Å²) in [7, 11) is 0. The molecule has 0 heterocycles. The molecule has 6 heteroatoms. The van der Waals surface area contributed by atoms with E-state index in [1.165, 1.54) is 0 Å². The van der Waals surface area contributed by atoms with Crippen molar-refractivity contribution in [1.82, 2.24) is 6.15 Å². The summed E-state index contributed by atoms with van der Waals surface area (Å²) in [5.41, 5.74) is 0. The van der Waals surface area contributed by atoms with Gasteiger partial charge in [-0.2, -0.15) is 0 Å². The summed E-state index contributed by atoms with van der Waals surface area (Å²) in [6.45, 7) is 0. The zero-order valence-electron chi connectivity index (χ0n) is 5.20. The predicted octanol–water partition coefficient (Wildman–Crippen LogP) is -2.80. The van der Waals surface area contributed by atoms with Crippen LogP contribution < -0.4 is 16.4 Å². The number of carboxylic acids is 2. The van der Waals surface area contributed by atoms with Gasteiger partial charge in [0.05, 0.1) is 11.9 Å². The van der Waals surface area contributed by atoms with Gasteiger partial charge in [0, 0.05) is 0 Å². The van der Waals surface area contributed by atoms with Gasteiger partial charge in [-0.15, -0.1) is 0 Å². The summed E-state index contributed by atoms with van der Waals surface area (Å²) in [4.78, 5) is 18.8. The number of carbonyl (C=O) groups excluding carboxylic acids is 2. The van der Waals surface area contributed by atoms with Crippen LogP contribution >= 0.6 is 0 Å². The van der Waals surface area contributed by atoms with Crippen molar-refractivity contribution in [3.8, 4) is 0 Å². The van der Waals surface area contributed by atoms with Crippen molar-refractivity contribution in [1.29, 1.82) is 0 Å². The Hall–Kier alpha value is -0.737. The monoisotopic (exact) mass is 195 g/mol. The first-order valence-corrected chi connectivity index (χ1v) is 1.73. The maximum Gasteiger partial charge on any atom is 2.00 e. The Morgan fingerprint density at radius 2 is 1.20 bits per heavy atom. The number of hydrogen-bond acceptors (Lipinski definition) is 5. The Morgan fingerprint density at radius 1 is 1.00 bits per heavy atom. The second-order valence-corrected chi connectivity index (χ2v) is 0.971. The third-order valence-electron chi connectivity index (χ3n) is 0.355. The molecule has 0 aromatic carbocycles. The van der Waals surface area contributed by atoms with Gasteiger partial charge in [-0.1, -0.05) is 0 Å². The summed E-state index contributed by atoms with van der Waals surface area (Å²) in [5.74, 6) is -3.09. The summed E-state index contributed by atoms with van der Waals surface area (Å²) in [6.07, 6.45) is 0.769. The molecule has 0 aliphatic heterocycles.